The van der Waals surface area contributed by atoms with Crippen LogP contribution in [0.1, 0.15) is 116 Å². The second-order valence-corrected chi connectivity index (χ2v) is 15.8. The number of unbranched alkanes of at least 4 members (excludes halogenated alkanes) is 2. The van der Waals surface area contributed by atoms with Crippen LogP contribution in [0, 0.1) is 23.7 Å². The predicted octanol–water partition coefficient (Wildman–Crippen LogP) is 9.39. The summed E-state index contributed by atoms with van der Waals surface area (Å²) in [5.41, 5.74) is 1.76. The third-order valence-electron chi connectivity index (χ3n) is 10.3. The maximum absolute atomic E-state index is 13.1. The number of allylic oxidation sites excluding steroid dienone is 6. The van der Waals surface area contributed by atoms with Gasteiger partial charge in [-0.2, -0.15) is 0 Å². The molecule has 1 aromatic carbocycles. The van der Waals surface area contributed by atoms with Crippen LogP contribution in [0.25, 0.3) is 5.70 Å². The molecule has 6 unspecified atom stereocenters. The average Bonchev–Trinajstić information content (AvgIpc) is 3.14. The molecular weight excluding hydrogens is 640 g/mol. The molecule has 3 aliphatic carbocycles. The van der Waals surface area contributed by atoms with Crippen molar-refractivity contribution in [3.05, 3.63) is 78.1 Å². The lowest BCUT2D eigenvalue weighted by atomic mass is 9.80. The second-order valence-electron chi connectivity index (χ2n) is 15.8. The van der Waals surface area contributed by atoms with Gasteiger partial charge in [0.2, 0.25) is 0 Å². The summed E-state index contributed by atoms with van der Waals surface area (Å²) in [6.07, 6.45) is 27.1. The molecule has 0 saturated heterocycles. The summed E-state index contributed by atoms with van der Waals surface area (Å²) in [6.45, 7) is 7.22. The topological polar surface area (TPSA) is 95.1 Å². The van der Waals surface area contributed by atoms with Gasteiger partial charge in [0.15, 0.2) is 0 Å². The molecule has 6 atom stereocenters. The number of amides is 1. The van der Waals surface area contributed by atoms with E-state index in [0.29, 0.717) is 31.5 Å². The maximum atomic E-state index is 13.1. The number of esters is 1. The quantitative estimate of drug-likeness (QED) is 0.101. The lowest BCUT2D eigenvalue weighted by molar-refractivity contribution is -0.147. The first-order chi connectivity index (χ1) is 24.7. The van der Waals surface area contributed by atoms with Crippen LogP contribution in [0.4, 0.5) is 4.79 Å². The van der Waals surface area contributed by atoms with E-state index < -0.39 is 17.7 Å². The van der Waals surface area contributed by atoms with Gasteiger partial charge >= 0.3 is 12.1 Å². The third kappa shape index (κ3) is 13.5. The van der Waals surface area contributed by atoms with Crippen molar-refractivity contribution in [2.75, 3.05) is 19.8 Å². The van der Waals surface area contributed by atoms with Gasteiger partial charge in [-0.25, -0.2) is 9.59 Å². The van der Waals surface area contributed by atoms with E-state index >= 15 is 0 Å². The molecule has 2 N–H and O–H groups in total. The molecule has 8 nitrogen and oxygen atoms in total. The van der Waals surface area contributed by atoms with Gasteiger partial charge in [-0.1, -0.05) is 60.7 Å². The Morgan fingerprint density at radius 3 is 2.43 bits per heavy atom. The molecule has 1 amide bonds. The van der Waals surface area contributed by atoms with Gasteiger partial charge in [0.1, 0.15) is 17.9 Å². The van der Waals surface area contributed by atoms with Crippen molar-refractivity contribution in [3.63, 3.8) is 0 Å². The standard InChI is InChI=1S/C43H62N2O6/c1-43(2,3)51-42(47)45-39(41(46)50-31-33-16-8-4-9-17-33)28-32-22-24-37(25-23-32)48-26-14-7-15-27-49-40-30-36(34-18-10-5-11-19-34)29-38(44-40)35-20-12-6-13-21-35/h6,8,10,12-13,16,18,20-21,24,29,32-34,36,39-40,44H,4-5,7,9,11,14-15,17,19,22-23,25-28,30-31H2,1-3H3,(H,45,47). The molecule has 0 saturated carbocycles. The predicted molar refractivity (Wildman–Crippen MR) is 202 cm³/mol. The van der Waals surface area contributed by atoms with Crippen molar-refractivity contribution >= 4 is 17.8 Å². The van der Waals surface area contributed by atoms with Gasteiger partial charge in [0.05, 0.1) is 19.0 Å². The first kappa shape index (κ1) is 38.7. The Labute approximate surface area is 306 Å². The SMILES string of the molecule is CC(C)(C)OC(=O)NC(CC1CC=C(OCCCCCOC2CC(C3C=CCCC3)C=C(c3ccccc3)N2)CC1)C(=O)OCC1C=CCCC1. The number of alkyl carbamates (subject to hydrolysis) is 1. The summed E-state index contributed by atoms with van der Waals surface area (Å²) >= 11 is 0. The van der Waals surface area contributed by atoms with Crippen molar-refractivity contribution in [1.29, 1.82) is 0 Å². The number of benzene rings is 1. The number of hydrogen-bond donors (Lipinski definition) is 2. The van der Waals surface area contributed by atoms with Crippen LogP contribution in [0.2, 0.25) is 0 Å². The molecule has 280 valence electrons. The van der Waals surface area contributed by atoms with E-state index in [2.05, 4.69) is 77.4 Å². The normalized spacial score (nSPS) is 25.5. The molecule has 51 heavy (non-hydrogen) atoms. The first-order valence-corrected chi connectivity index (χ1v) is 19.7. The lowest BCUT2D eigenvalue weighted by Crippen LogP contribution is -2.45. The molecule has 4 aliphatic rings. The molecule has 0 bridgehead atoms. The molecule has 8 heteroatoms. The maximum Gasteiger partial charge on any atom is 0.408 e. The lowest BCUT2D eigenvalue weighted by Gasteiger charge is -2.35. The van der Waals surface area contributed by atoms with Gasteiger partial charge in [-0.15, -0.1) is 0 Å². The zero-order valence-corrected chi connectivity index (χ0v) is 31.3. The summed E-state index contributed by atoms with van der Waals surface area (Å²) < 4.78 is 23.7. The molecule has 0 fully saturated rings. The van der Waals surface area contributed by atoms with E-state index in [1.54, 1.807) is 0 Å². The molecule has 0 aromatic heterocycles. The van der Waals surface area contributed by atoms with E-state index in [1.807, 2.05) is 20.8 Å². The van der Waals surface area contributed by atoms with Gasteiger partial charge < -0.3 is 29.6 Å². The van der Waals surface area contributed by atoms with E-state index in [4.69, 9.17) is 18.9 Å². The Kier molecular flexibility index (Phi) is 15.1. The zero-order valence-electron chi connectivity index (χ0n) is 31.3. The van der Waals surface area contributed by atoms with Gasteiger partial charge in [-0.3, -0.25) is 0 Å². The van der Waals surface area contributed by atoms with Crippen molar-refractivity contribution in [2.24, 2.45) is 23.7 Å². The summed E-state index contributed by atoms with van der Waals surface area (Å²) in [5.74, 6) is 2.21. The minimum atomic E-state index is -0.741. The van der Waals surface area contributed by atoms with Crippen molar-refractivity contribution in [2.45, 2.75) is 129 Å². The fraction of sp³-hybridized carbons (Fsp3) is 0.628. The number of carbonyl (C=O) groups is 2. The fourth-order valence-electron chi connectivity index (χ4n) is 7.54. The van der Waals surface area contributed by atoms with Crippen molar-refractivity contribution in [1.82, 2.24) is 10.6 Å². The summed E-state index contributed by atoms with van der Waals surface area (Å²) in [4.78, 5) is 25.7. The summed E-state index contributed by atoms with van der Waals surface area (Å²) in [6, 6.07) is 9.86. The molecule has 5 rings (SSSR count). The minimum absolute atomic E-state index is 0.0250. The number of ether oxygens (including phenoxy) is 4. The molecule has 0 spiro atoms. The van der Waals surface area contributed by atoms with Gasteiger partial charge in [0, 0.05) is 24.6 Å². The fourth-order valence-corrected chi connectivity index (χ4v) is 7.54. The summed E-state index contributed by atoms with van der Waals surface area (Å²) in [7, 11) is 0. The largest absolute Gasteiger partial charge is 0.498 e. The van der Waals surface area contributed by atoms with Crippen molar-refractivity contribution in [3.8, 4) is 0 Å². The van der Waals surface area contributed by atoms with Crippen LogP contribution >= 0.6 is 0 Å². The van der Waals surface area contributed by atoms with Crippen LogP contribution < -0.4 is 10.6 Å². The smallest absolute Gasteiger partial charge is 0.408 e. The number of rotatable bonds is 16. The molecule has 1 aliphatic heterocycles. The molecular formula is C43H62N2O6. The van der Waals surface area contributed by atoms with Gasteiger partial charge in [0.25, 0.3) is 0 Å². The Bertz CT molecular complexity index is 1360. The van der Waals surface area contributed by atoms with Crippen molar-refractivity contribution < 1.29 is 28.5 Å². The number of carbonyl (C=O) groups excluding carboxylic acids is 2. The van der Waals surface area contributed by atoms with E-state index in [1.165, 1.54) is 30.5 Å². The Morgan fingerprint density at radius 1 is 0.941 bits per heavy atom. The third-order valence-corrected chi connectivity index (χ3v) is 10.3. The minimum Gasteiger partial charge on any atom is -0.498 e. The highest BCUT2D eigenvalue weighted by Crippen LogP contribution is 2.34. The van der Waals surface area contributed by atoms with Gasteiger partial charge in [-0.05, 0) is 134 Å². The van der Waals surface area contributed by atoms with Crippen LogP contribution in [-0.4, -0.2) is 49.8 Å². The Hall–Kier alpha value is -3.52. The van der Waals surface area contributed by atoms with Crippen LogP contribution in [0.3, 0.4) is 0 Å². The number of hydrogen-bond acceptors (Lipinski definition) is 7. The highest BCUT2D eigenvalue weighted by atomic mass is 16.6. The monoisotopic (exact) mass is 702 g/mol. The number of nitrogens with one attached hydrogen (secondary N) is 2. The van der Waals surface area contributed by atoms with Crippen LogP contribution in [0.15, 0.2) is 72.5 Å². The first-order valence-electron chi connectivity index (χ1n) is 19.7. The summed E-state index contributed by atoms with van der Waals surface area (Å²) in [5, 5.41) is 6.47. The highest BCUT2D eigenvalue weighted by Gasteiger charge is 2.31. The van der Waals surface area contributed by atoms with Crippen LogP contribution in [0.5, 0.6) is 0 Å². The van der Waals surface area contributed by atoms with E-state index in [0.717, 1.165) is 76.6 Å². The average molecular weight is 703 g/mol. The van der Waals surface area contributed by atoms with Crippen LogP contribution in [-0.2, 0) is 23.7 Å². The van der Waals surface area contributed by atoms with E-state index in [9.17, 15) is 9.59 Å². The highest BCUT2D eigenvalue weighted by molar-refractivity contribution is 5.81. The molecule has 1 aromatic rings. The Morgan fingerprint density at radius 2 is 1.73 bits per heavy atom. The second kappa shape index (κ2) is 19.9. The molecule has 1 heterocycles. The zero-order chi connectivity index (χ0) is 35.9. The van der Waals surface area contributed by atoms with E-state index in [-0.39, 0.29) is 24.0 Å². The Balaban J connectivity index is 1.00. The molecule has 0 radical (unpaired) electrons.